The first-order valence-electron chi connectivity index (χ1n) is 8.93. The van der Waals surface area contributed by atoms with Gasteiger partial charge in [0, 0.05) is 16.6 Å². The van der Waals surface area contributed by atoms with Crippen molar-refractivity contribution in [2.75, 3.05) is 18.2 Å². The minimum absolute atomic E-state index is 0.0902. The van der Waals surface area contributed by atoms with Crippen molar-refractivity contribution in [3.63, 3.8) is 0 Å². The van der Waals surface area contributed by atoms with Crippen LogP contribution in [0.5, 0.6) is 0 Å². The van der Waals surface area contributed by atoms with Gasteiger partial charge in [0.05, 0.1) is 41.4 Å². The minimum atomic E-state index is -0.352. The van der Waals surface area contributed by atoms with Gasteiger partial charge in [0.15, 0.2) is 0 Å². The average molecular weight is 474 g/mol. The quantitative estimate of drug-likeness (QED) is 0.605. The molecule has 1 aliphatic heterocycles. The minimum Gasteiger partial charge on any atom is -0.469 e. The Morgan fingerprint density at radius 1 is 1.17 bits per heavy atom. The Morgan fingerprint density at radius 3 is 2.59 bits per heavy atom. The number of anilines is 1. The number of carbonyl (C=O) groups excluding carboxylic acids is 2. The number of nitrogens with one attached hydrogen (secondary N) is 1. The van der Waals surface area contributed by atoms with E-state index in [1.54, 1.807) is 0 Å². The Balaban J connectivity index is 1.70. The number of halogens is 1. The van der Waals surface area contributed by atoms with Crippen molar-refractivity contribution in [2.45, 2.75) is 19.8 Å². The SMILES string of the molecule is COC(=O)CC1=Nc2ccccc2N=C(SCC(=O)Nc2ccc(C)cc2Br)C1. The third-order valence-electron chi connectivity index (χ3n) is 4.11. The number of hydrogen-bond acceptors (Lipinski definition) is 6. The lowest BCUT2D eigenvalue weighted by Gasteiger charge is -2.09. The zero-order chi connectivity index (χ0) is 20.8. The first kappa shape index (κ1) is 21.3. The predicted octanol–water partition coefficient (Wildman–Crippen LogP) is 5.20. The van der Waals surface area contributed by atoms with Crippen molar-refractivity contribution in [3.8, 4) is 0 Å². The molecule has 0 spiro atoms. The number of carbonyl (C=O) groups is 2. The van der Waals surface area contributed by atoms with Crippen LogP contribution in [0.15, 0.2) is 56.9 Å². The summed E-state index contributed by atoms with van der Waals surface area (Å²) in [5.41, 5.74) is 3.91. The van der Waals surface area contributed by atoms with E-state index in [-0.39, 0.29) is 24.1 Å². The summed E-state index contributed by atoms with van der Waals surface area (Å²) in [7, 11) is 1.35. The lowest BCUT2D eigenvalue weighted by molar-refractivity contribution is -0.139. The lowest BCUT2D eigenvalue weighted by Crippen LogP contribution is -2.17. The molecule has 29 heavy (non-hydrogen) atoms. The Hall–Kier alpha value is -2.45. The highest BCUT2D eigenvalue weighted by Gasteiger charge is 2.18. The summed E-state index contributed by atoms with van der Waals surface area (Å²) in [5, 5.41) is 3.63. The molecule has 2 aromatic carbocycles. The van der Waals surface area contributed by atoms with Crippen LogP contribution in [-0.2, 0) is 14.3 Å². The second-order valence-electron chi connectivity index (χ2n) is 6.42. The molecule has 3 rings (SSSR count). The summed E-state index contributed by atoms with van der Waals surface area (Å²) in [6.07, 6.45) is 0.489. The molecule has 1 heterocycles. The van der Waals surface area contributed by atoms with Gasteiger partial charge in [-0.05, 0) is 52.7 Å². The number of ether oxygens (including phenoxy) is 1. The number of nitrogens with zero attached hydrogens (tertiary/aromatic N) is 2. The molecule has 2 aromatic rings. The van der Waals surface area contributed by atoms with E-state index >= 15 is 0 Å². The van der Waals surface area contributed by atoms with Gasteiger partial charge < -0.3 is 10.1 Å². The maximum Gasteiger partial charge on any atom is 0.311 e. The van der Waals surface area contributed by atoms with Gasteiger partial charge in [-0.3, -0.25) is 14.6 Å². The molecule has 8 heteroatoms. The van der Waals surface area contributed by atoms with E-state index in [0.717, 1.165) is 26.5 Å². The molecule has 1 amide bonds. The van der Waals surface area contributed by atoms with E-state index in [9.17, 15) is 9.59 Å². The molecule has 0 saturated heterocycles. The fourth-order valence-corrected chi connectivity index (χ4v) is 4.09. The van der Waals surface area contributed by atoms with Gasteiger partial charge in [-0.25, -0.2) is 4.99 Å². The van der Waals surface area contributed by atoms with E-state index in [4.69, 9.17) is 4.74 Å². The number of aryl methyl sites for hydroxylation is 1. The third-order valence-corrected chi connectivity index (χ3v) is 5.74. The van der Waals surface area contributed by atoms with Crippen molar-refractivity contribution in [3.05, 3.63) is 52.5 Å². The predicted molar refractivity (Wildman–Crippen MR) is 122 cm³/mol. The molecule has 1 N–H and O–H groups in total. The fraction of sp³-hybridized carbons (Fsp3) is 0.238. The van der Waals surface area contributed by atoms with Crippen molar-refractivity contribution < 1.29 is 14.3 Å². The van der Waals surface area contributed by atoms with E-state index in [1.807, 2.05) is 49.4 Å². The van der Waals surface area contributed by atoms with Gasteiger partial charge in [-0.2, -0.15) is 0 Å². The molecule has 1 aliphatic rings. The number of methoxy groups -OCH3 is 1. The number of para-hydroxylation sites is 2. The topological polar surface area (TPSA) is 80.1 Å². The largest absolute Gasteiger partial charge is 0.469 e. The van der Waals surface area contributed by atoms with Gasteiger partial charge >= 0.3 is 5.97 Å². The van der Waals surface area contributed by atoms with Gasteiger partial charge in [-0.15, -0.1) is 11.8 Å². The van der Waals surface area contributed by atoms with Crippen LogP contribution in [-0.4, -0.2) is 35.5 Å². The second kappa shape index (κ2) is 9.84. The molecular formula is C21H20BrN3O3S. The molecule has 0 aromatic heterocycles. The van der Waals surface area contributed by atoms with E-state index in [2.05, 4.69) is 31.2 Å². The van der Waals surface area contributed by atoms with Crippen LogP contribution in [0.25, 0.3) is 0 Å². The molecular weight excluding hydrogens is 454 g/mol. The molecule has 150 valence electrons. The Labute approximate surface area is 182 Å². The van der Waals surface area contributed by atoms with Crippen LogP contribution in [0.1, 0.15) is 18.4 Å². The fourth-order valence-electron chi connectivity index (χ4n) is 2.69. The number of thioether (sulfide) groups is 1. The molecule has 0 atom stereocenters. The highest BCUT2D eigenvalue weighted by atomic mass is 79.9. The highest BCUT2D eigenvalue weighted by Crippen LogP contribution is 2.33. The van der Waals surface area contributed by atoms with Crippen LogP contribution < -0.4 is 5.32 Å². The maximum absolute atomic E-state index is 12.4. The van der Waals surface area contributed by atoms with E-state index in [1.165, 1.54) is 18.9 Å². The molecule has 0 bridgehead atoms. The molecule has 0 saturated carbocycles. The summed E-state index contributed by atoms with van der Waals surface area (Å²) in [5.74, 6) is -0.284. The lowest BCUT2D eigenvalue weighted by atomic mass is 10.2. The number of aliphatic imine (C=N–C) groups is 2. The highest BCUT2D eigenvalue weighted by molar-refractivity contribution is 9.10. The van der Waals surface area contributed by atoms with E-state index < -0.39 is 0 Å². The first-order valence-corrected chi connectivity index (χ1v) is 10.7. The number of hydrogen-bond donors (Lipinski definition) is 1. The van der Waals surface area contributed by atoms with Crippen LogP contribution in [0.4, 0.5) is 17.1 Å². The number of fused-ring (bicyclic) bond motifs is 1. The van der Waals surface area contributed by atoms with Gasteiger partial charge in [0.25, 0.3) is 0 Å². The number of rotatable bonds is 5. The first-order chi connectivity index (χ1) is 13.9. The van der Waals surface area contributed by atoms with Crippen LogP contribution >= 0.6 is 27.7 Å². The normalized spacial score (nSPS) is 12.9. The third kappa shape index (κ3) is 6.01. The summed E-state index contributed by atoms with van der Waals surface area (Å²) in [4.78, 5) is 33.4. The number of esters is 1. The van der Waals surface area contributed by atoms with Crippen molar-refractivity contribution >= 4 is 67.4 Å². The zero-order valence-electron chi connectivity index (χ0n) is 16.1. The van der Waals surface area contributed by atoms with Crippen molar-refractivity contribution in [1.82, 2.24) is 0 Å². The maximum atomic E-state index is 12.4. The van der Waals surface area contributed by atoms with Gasteiger partial charge in [0.2, 0.25) is 5.91 Å². The second-order valence-corrected chi connectivity index (χ2v) is 8.33. The average Bonchev–Trinajstić information content (AvgIpc) is 2.87. The summed E-state index contributed by atoms with van der Waals surface area (Å²) in [6.45, 7) is 1.99. The Kier molecular flexibility index (Phi) is 7.22. The molecule has 6 nitrogen and oxygen atoms in total. The molecule has 0 radical (unpaired) electrons. The van der Waals surface area contributed by atoms with Crippen molar-refractivity contribution in [2.24, 2.45) is 9.98 Å². The molecule has 0 unspecified atom stereocenters. The van der Waals surface area contributed by atoms with Crippen LogP contribution in [0, 0.1) is 6.92 Å². The summed E-state index contributed by atoms with van der Waals surface area (Å²) >= 11 is 4.80. The van der Waals surface area contributed by atoms with Gasteiger partial charge in [0.1, 0.15) is 0 Å². The number of benzene rings is 2. The number of amides is 1. The van der Waals surface area contributed by atoms with Crippen LogP contribution in [0.3, 0.4) is 0 Å². The van der Waals surface area contributed by atoms with Crippen molar-refractivity contribution in [1.29, 1.82) is 0 Å². The van der Waals surface area contributed by atoms with E-state index in [0.29, 0.717) is 17.8 Å². The monoisotopic (exact) mass is 473 g/mol. The smallest absolute Gasteiger partial charge is 0.311 e. The van der Waals surface area contributed by atoms with Gasteiger partial charge in [-0.1, -0.05) is 18.2 Å². The zero-order valence-corrected chi connectivity index (χ0v) is 18.5. The van der Waals surface area contributed by atoms with Crippen LogP contribution in [0.2, 0.25) is 0 Å². The molecule has 0 aliphatic carbocycles. The Morgan fingerprint density at radius 2 is 1.90 bits per heavy atom. The summed E-state index contributed by atoms with van der Waals surface area (Å²) < 4.78 is 5.60. The summed E-state index contributed by atoms with van der Waals surface area (Å²) in [6, 6.07) is 13.2. The Bertz CT molecular complexity index is 1000. The molecule has 0 fully saturated rings. The standard InChI is InChI=1S/C21H20BrN3O3S/c1-13-7-8-16(15(22)9-13)24-19(26)12-29-20-10-14(11-21(27)28-2)23-17-5-3-4-6-18(17)25-20/h3-9H,10-12H2,1-2H3,(H,24,26).